The molecule has 2 aromatic heterocycles. The fourth-order valence-electron chi connectivity index (χ4n) is 4.12. The van der Waals surface area contributed by atoms with Crippen molar-refractivity contribution in [1.29, 1.82) is 0 Å². The fourth-order valence-corrected chi connectivity index (χ4v) is 4.31. The number of para-hydroxylation sites is 1. The lowest BCUT2D eigenvalue weighted by Crippen LogP contribution is -2.46. The lowest BCUT2D eigenvalue weighted by atomic mass is 10.2. The van der Waals surface area contributed by atoms with Crippen LogP contribution in [0.25, 0.3) is 11.0 Å². The number of amides is 1. The van der Waals surface area contributed by atoms with Crippen molar-refractivity contribution in [3.63, 3.8) is 0 Å². The normalized spacial score (nSPS) is 14.0. The molecule has 3 heterocycles. The van der Waals surface area contributed by atoms with E-state index < -0.39 is 0 Å². The van der Waals surface area contributed by atoms with Gasteiger partial charge in [-0.2, -0.15) is 5.10 Å². The van der Waals surface area contributed by atoms with E-state index in [-0.39, 0.29) is 5.91 Å². The number of rotatable bonds is 6. The molecule has 0 unspecified atom stereocenters. The Bertz CT molecular complexity index is 1250. The minimum absolute atomic E-state index is 0.166. The summed E-state index contributed by atoms with van der Waals surface area (Å²) in [7, 11) is 0. The van der Waals surface area contributed by atoms with Crippen LogP contribution in [0.1, 0.15) is 10.4 Å². The maximum Gasteiger partial charge on any atom is 0.251 e. The predicted molar refractivity (Wildman–Crippen MR) is 130 cm³/mol. The maximum absolute atomic E-state index is 12.3. The van der Waals surface area contributed by atoms with E-state index in [1.807, 2.05) is 12.3 Å². The average molecular weight is 462 g/mol. The highest BCUT2D eigenvalue weighted by Gasteiger charge is 2.21. The van der Waals surface area contributed by atoms with E-state index >= 15 is 0 Å². The Hall–Kier alpha value is -3.65. The van der Waals surface area contributed by atoms with Crippen molar-refractivity contribution >= 4 is 40.0 Å². The first-order chi connectivity index (χ1) is 16.2. The zero-order valence-corrected chi connectivity index (χ0v) is 18.8. The number of carbonyl (C=O) groups excluding carboxylic acids is 1. The van der Waals surface area contributed by atoms with Gasteiger partial charge in [0, 0.05) is 49.0 Å². The molecule has 1 aliphatic heterocycles. The lowest BCUT2D eigenvalue weighted by Gasteiger charge is -2.36. The van der Waals surface area contributed by atoms with Gasteiger partial charge in [-0.1, -0.05) is 35.9 Å². The quantitative estimate of drug-likeness (QED) is 0.475. The Balaban J connectivity index is 1.23. The van der Waals surface area contributed by atoms with E-state index in [1.54, 1.807) is 35.3 Å². The molecule has 9 heteroatoms. The highest BCUT2D eigenvalue weighted by atomic mass is 35.5. The summed E-state index contributed by atoms with van der Waals surface area (Å²) in [6.45, 7) is 4.55. The first-order valence-corrected chi connectivity index (χ1v) is 11.3. The van der Waals surface area contributed by atoms with Crippen molar-refractivity contribution in [1.82, 2.24) is 25.1 Å². The zero-order chi connectivity index (χ0) is 22.6. The standard InChI is InChI=1S/C24H24ClN7O/c25-19-6-4-5-18(15-19)24(33)26-9-10-32-23-21(16-29-32)22(27-17-28-23)31-13-11-30(12-14-31)20-7-2-1-3-8-20/h1-8,15-17H,9-14H2,(H,26,33). The molecule has 4 aromatic rings. The molecule has 1 fully saturated rings. The largest absolute Gasteiger partial charge is 0.368 e. The summed E-state index contributed by atoms with van der Waals surface area (Å²) in [4.78, 5) is 26.0. The minimum atomic E-state index is -0.166. The number of nitrogens with zero attached hydrogens (tertiary/aromatic N) is 6. The Kier molecular flexibility index (Phi) is 6.08. The van der Waals surface area contributed by atoms with Gasteiger partial charge in [0.15, 0.2) is 5.65 Å². The molecule has 1 aliphatic rings. The molecule has 0 bridgehead atoms. The average Bonchev–Trinajstić information content (AvgIpc) is 3.28. The van der Waals surface area contributed by atoms with Crippen LogP contribution >= 0.6 is 11.6 Å². The number of benzene rings is 2. The topological polar surface area (TPSA) is 79.2 Å². The molecule has 8 nitrogen and oxygen atoms in total. The molecule has 0 atom stereocenters. The van der Waals surface area contributed by atoms with E-state index in [0.29, 0.717) is 23.7 Å². The molecular formula is C24H24ClN7O. The van der Waals surface area contributed by atoms with Crippen LogP contribution in [0.3, 0.4) is 0 Å². The van der Waals surface area contributed by atoms with Crippen molar-refractivity contribution in [2.75, 3.05) is 42.5 Å². The number of fused-ring (bicyclic) bond motifs is 1. The number of aromatic nitrogens is 4. The number of piperazine rings is 1. The molecule has 0 radical (unpaired) electrons. The molecule has 0 saturated carbocycles. The van der Waals surface area contributed by atoms with E-state index in [4.69, 9.17) is 11.6 Å². The molecule has 1 saturated heterocycles. The molecular weight excluding hydrogens is 438 g/mol. The molecule has 1 amide bonds. The number of hydrogen-bond donors (Lipinski definition) is 1. The lowest BCUT2D eigenvalue weighted by molar-refractivity contribution is 0.0952. The van der Waals surface area contributed by atoms with Gasteiger partial charge in [-0.15, -0.1) is 0 Å². The molecule has 1 N–H and O–H groups in total. The fraction of sp³-hybridized carbons (Fsp3) is 0.250. The second kappa shape index (κ2) is 9.46. The molecule has 168 valence electrons. The van der Waals surface area contributed by atoms with Crippen LogP contribution in [-0.4, -0.2) is 58.4 Å². The van der Waals surface area contributed by atoms with E-state index in [9.17, 15) is 4.79 Å². The Morgan fingerprint density at radius 1 is 0.970 bits per heavy atom. The van der Waals surface area contributed by atoms with Crippen molar-refractivity contribution in [2.24, 2.45) is 0 Å². The second-order valence-corrected chi connectivity index (χ2v) is 8.31. The number of nitrogens with one attached hydrogen (secondary N) is 1. The summed E-state index contributed by atoms with van der Waals surface area (Å²) < 4.78 is 1.80. The van der Waals surface area contributed by atoms with Gasteiger partial charge in [0.1, 0.15) is 12.1 Å². The van der Waals surface area contributed by atoms with Gasteiger partial charge in [0.05, 0.1) is 18.1 Å². The van der Waals surface area contributed by atoms with E-state index in [0.717, 1.165) is 43.0 Å². The minimum Gasteiger partial charge on any atom is -0.368 e. The summed E-state index contributed by atoms with van der Waals surface area (Å²) in [5, 5.41) is 8.87. The molecule has 0 aliphatic carbocycles. The summed E-state index contributed by atoms with van der Waals surface area (Å²) in [6, 6.07) is 17.4. The summed E-state index contributed by atoms with van der Waals surface area (Å²) in [6.07, 6.45) is 3.40. The van der Waals surface area contributed by atoms with Crippen LogP contribution in [-0.2, 0) is 6.54 Å². The smallest absolute Gasteiger partial charge is 0.251 e. The maximum atomic E-state index is 12.3. The highest BCUT2D eigenvalue weighted by Crippen LogP contribution is 2.25. The third kappa shape index (κ3) is 4.61. The third-order valence-corrected chi connectivity index (χ3v) is 6.04. The second-order valence-electron chi connectivity index (χ2n) is 7.88. The monoisotopic (exact) mass is 461 g/mol. The number of carbonyl (C=O) groups is 1. The van der Waals surface area contributed by atoms with Gasteiger partial charge < -0.3 is 15.1 Å². The summed E-state index contributed by atoms with van der Waals surface area (Å²) in [5.74, 6) is 0.738. The van der Waals surface area contributed by atoms with Gasteiger partial charge in [0.2, 0.25) is 0 Å². The number of hydrogen-bond acceptors (Lipinski definition) is 6. The van der Waals surface area contributed by atoms with Gasteiger partial charge in [-0.05, 0) is 30.3 Å². The Morgan fingerprint density at radius 3 is 2.55 bits per heavy atom. The van der Waals surface area contributed by atoms with Crippen molar-refractivity contribution in [2.45, 2.75) is 6.54 Å². The number of anilines is 2. The van der Waals surface area contributed by atoms with Crippen molar-refractivity contribution in [3.05, 3.63) is 77.7 Å². The molecule has 0 spiro atoms. The Morgan fingerprint density at radius 2 is 1.76 bits per heavy atom. The van der Waals surface area contributed by atoms with Crippen molar-refractivity contribution < 1.29 is 4.79 Å². The third-order valence-electron chi connectivity index (χ3n) is 5.81. The first kappa shape index (κ1) is 21.2. The first-order valence-electron chi connectivity index (χ1n) is 10.9. The van der Waals surface area contributed by atoms with Gasteiger partial charge >= 0.3 is 0 Å². The Labute approximate surface area is 196 Å². The molecule has 5 rings (SSSR count). The predicted octanol–water partition coefficient (Wildman–Crippen LogP) is 3.24. The van der Waals surface area contributed by atoms with Crippen LogP contribution < -0.4 is 15.1 Å². The molecule has 33 heavy (non-hydrogen) atoms. The van der Waals surface area contributed by atoms with Gasteiger partial charge in [-0.3, -0.25) is 4.79 Å². The van der Waals surface area contributed by atoms with Crippen LogP contribution in [0.2, 0.25) is 5.02 Å². The number of halogens is 1. The van der Waals surface area contributed by atoms with Crippen LogP contribution in [0, 0.1) is 0 Å². The van der Waals surface area contributed by atoms with Crippen LogP contribution in [0.5, 0.6) is 0 Å². The van der Waals surface area contributed by atoms with Gasteiger partial charge in [-0.25, -0.2) is 14.6 Å². The van der Waals surface area contributed by atoms with Crippen LogP contribution in [0.4, 0.5) is 11.5 Å². The van der Waals surface area contributed by atoms with Gasteiger partial charge in [0.25, 0.3) is 5.91 Å². The highest BCUT2D eigenvalue weighted by molar-refractivity contribution is 6.30. The summed E-state index contributed by atoms with van der Waals surface area (Å²) >= 11 is 5.97. The zero-order valence-electron chi connectivity index (χ0n) is 18.1. The van der Waals surface area contributed by atoms with E-state index in [1.165, 1.54) is 5.69 Å². The van der Waals surface area contributed by atoms with E-state index in [2.05, 4.69) is 54.4 Å². The SMILES string of the molecule is O=C(NCCn1ncc2c(N3CCN(c4ccccc4)CC3)ncnc21)c1cccc(Cl)c1. The summed E-state index contributed by atoms with van der Waals surface area (Å²) in [5.41, 5.74) is 2.55. The molecule has 2 aromatic carbocycles. The van der Waals surface area contributed by atoms with Crippen molar-refractivity contribution in [3.8, 4) is 0 Å². The van der Waals surface area contributed by atoms with Crippen LogP contribution in [0.15, 0.2) is 67.1 Å².